The van der Waals surface area contributed by atoms with Crippen molar-refractivity contribution in [2.75, 3.05) is 13.1 Å². The van der Waals surface area contributed by atoms with Crippen molar-refractivity contribution < 1.29 is 4.42 Å². The maximum atomic E-state index is 5.81. The van der Waals surface area contributed by atoms with E-state index in [0.717, 1.165) is 31.7 Å². The molecular formula is C14H24N2O. The fourth-order valence-electron chi connectivity index (χ4n) is 2.75. The lowest BCUT2D eigenvalue weighted by molar-refractivity contribution is 0.234. The van der Waals surface area contributed by atoms with Crippen LogP contribution in [0.1, 0.15) is 49.8 Å². The third-order valence-corrected chi connectivity index (χ3v) is 3.51. The van der Waals surface area contributed by atoms with E-state index in [1.165, 1.54) is 17.7 Å². The molecule has 3 nitrogen and oxygen atoms in total. The Morgan fingerprint density at radius 3 is 3.00 bits per heavy atom. The molecule has 17 heavy (non-hydrogen) atoms. The lowest BCUT2D eigenvalue weighted by atomic mass is 9.74. The molecule has 1 atom stereocenters. The molecular weight excluding hydrogens is 212 g/mol. The highest BCUT2D eigenvalue weighted by Gasteiger charge is 2.34. The molecule has 1 unspecified atom stereocenters. The summed E-state index contributed by atoms with van der Waals surface area (Å²) in [5.41, 5.74) is 7.21. The number of nitrogens with one attached hydrogen (secondary N) is 1. The van der Waals surface area contributed by atoms with Crippen LogP contribution in [0.4, 0.5) is 0 Å². The molecule has 1 aliphatic carbocycles. The van der Waals surface area contributed by atoms with Crippen LogP contribution in [-0.4, -0.2) is 13.1 Å². The summed E-state index contributed by atoms with van der Waals surface area (Å²) in [5.74, 6) is 2.20. The average molecular weight is 236 g/mol. The molecule has 0 aromatic carbocycles. The van der Waals surface area contributed by atoms with Crippen LogP contribution in [0.2, 0.25) is 0 Å². The Balaban J connectivity index is 2.14. The van der Waals surface area contributed by atoms with Crippen LogP contribution < -0.4 is 11.1 Å². The fourth-order valence-corrected chi connectivity index (χ4v) is 2.75. The van der Waals surface area contributed by atoms with E-state index in [1.54, 1.807) is 0 Å². The number of furan rings is 1. The number of rotatable bonds is 4. The van der Waals surface area contributed by atoms with Crippen molar-refractivity contribution in [2.24, 2.45) is 11.1 Å². The van der Waals surface area contributed by atoms with Gasteiger partial charge in [0.15, 0.2) is 0 Å². The SMILES string of the molecule is Cc1cc2c(o1)CC(C)(C)CC2NCCCN. The molecule has 3 N–H and O–H groups in total. The number of fused-ring (bicyclic) bond motifs is 1. The average Bonchev–Trinajstić information content (AvgIpc) is 2.57. The van der Waals surface area contributed by atoms with E-state index in [-0.39, 0.29) is 0 Å². The van der Waals surface area contributed by atoms with E-state index in [1.807, 2.05) is 6.92 Å². The normalized spacial score (nSPS) is 22.5. The predicted octanol–water partition coefficient (Wildman–Crippen LogP) is 2.54. The van der Waals surface area contributed by atoms with E-state index < -0.39 is 0 Å². The van der Waals surface area contributed by atoms with Gasteiger partial charge < -0.3 is 15.5 Å². The Morgan fingerprint density at radius 1 is 1.53 bits per heavy atom. The number of nitrogens with two attached hydrogens (primary N) is 1. The van der Waals surface area contributed by atoms with Gasteiger partial charge in [-0.15, -0.1) is 0 Å². The Labute approximate surface area is 104 Å². The van der Waals surface area contributed by atoms with E-state index in [0.29, 0.717) is 11.5 Å². The van der Waals surface area contributed by atoms with Gasteiger partial charge >= 0.3 is 0 Å². The smallest absolute Gasteiger partial charge is 0.109 e. The molecule has 0 bridgehead atoms. The van der Waals surface area contributed by atoms with Crippen LogP contribution in [0.15, 0.2) is 10.5 Å². The summed E-state index contributed by atoms with van der Waals surface area (Å²) in [6.45, 7) is 8.39. The van der Waals surface area contributed by atoms with Crippen molar-refractivity contribution in [2.45, 2.75) is 46.1 Å². The lowest BCUT2D eigenvalue weighted by Gasteiger charge is -2.34. The highest BCUT2D eigenvalue weighted by molar-refractivity contribution is 5.29. The zero-order valence-electron chi connectivity index (χ0n) is 11.2. The van der Waals surface area contributed by atoms with Gasteiger partial charge in [-0.2, -0.15) is 0 Å². The van der Waals surface area contributed by atoms with E-state index >= 15 is 0 Å². The summed E-state index contributed by atoms with van der Waals surface area (Å²) >= 11 is 0. The topological polar surface area (TPSA) is 51.2 Å². The van der Waals surface area contributed by atoms with Gasteiger partial charge in [-0.3, -0.25) is 0 Å². The summed E-state index contributed by atoms with van der Waals surface area (Å²) in [7, 11) is 0. The molecule has 0 fully saturated rings. The van der Waals surface area contributed by atoms with E-state index in [2.05, 4.69) is 25.2 Å². The van der Waals surface area contributed by atoms with Gasteiger partial charge in [0.05, 0.1) is 0 Å². The highest BCUT2D eigenvalue weighted by Crippen LogP contribution is 2.41. The van der Waals surface area contributed by atoms with Crippen molar-refractivity contribution in [1.29, 1.82) is 0 Å². The van der Waals surface area contributed by atoms with E-state index in [9.17, 15) is 0 Å². The Bertz CT molecular complexity index is 382. The molecule has 1 heterocycles. The molecule has 1 aromatic heterocycles. The molecule has 0 saturated carbocycles. The predicted molar refractivity (Wildman–Crippen MR) is 70.0 cm³/mol. The van der Waals surface area contributed by atoms with Gasteiger partial charge in [0.2, 0.25) is 0 Å². The summed E-state index contributed by atoms with van der Waals surface area (Å²) in [4.78, 5) is 0. The molecule has 0 spiro atoms. The Hall–Kier alpha value is -0.800. The van der Waals surface area contributed by atoms with Crippen molar-refractivity contribution >= 4 is 0 Å². The fraction of sp³-hybridized carbons (Fsp3) is 0.714. The van der Waals surface area contributed by atoms with Crippen LogP contribution >= 0.6 is 0 Å². The zero-order valence-corrected chi connectivity index (χ0v) is 11.2. The highest BCUT2D eigenvalue weighted by atomic mass is 16.3. The quantitative estimate of drug-likeness (QED) is 0.790. The van der Waals surface area contributed by atoms with Crippen molar-refractivity contribution in [3.8, 4) is 0 Å². The molecule has 3 heteroatoms. The lowest BCUT2D eigenvalue weighted by Crippen LogP contribution is -2.33. The molecule has 1 aromatic rings. The molecule has 0 saturated heterocycles. The van der Waals surface area contributed by atoms with Gasteiger partial charge in [-0.25, -0.2) is 0 Å². The molecule has 96 valence electrons. The van der Waals surface area contributed by atoms with Crippen LogP contribution in [0.5, 0.6) is 0 Å². The van der Waals surface area contributed by atoms with Crippen LogP contribution in [0, 0.1) is 12.3 Å². The first-order valence-corrected chi connectivity index (χ1v) is 6.54. The van der Waals surface area contributed by atoms with Gasteiger partial charge in [0.25, 0.3) is 0 Å². The summed E-state index contributed by atoms with van der Waals surface area (Å²) in [6, 6.07) is 2.61. The number of hydrogen-bond acceptors (Lipinski definition) is 3. The first-order chi connectivity index (χ1) is 8.02. The first-order valence-electron chi connectivity index (χ1n) is 6.54. The zero-order chi connectivity index (χ0) is 12.5. The minimum absolute atomic E-state index is 0.317. The van der Waals surface area contributed by atoms with Crippen molar-refractivity contribution in [3.05, 3.63) is 23.2 Å². The standard InChI is InChI=1S/C14H24N2O/c1-10-7-11-12(16-6-4-5-15)8-14(2,3)9-13(11)17-10/h7,12,16H,4-6,8-9,15H2,1-3H3. The van der Waals surface area contributed by atoms with Crippen LogP contribution in [-0.2, 0) is 6.42 Å². The summed E-state index contributed by atoms with van der Waals surface area (Å²) in [5, 5.41) is 3.61. The Morgan fingerprint density at radius 2 is 2.29 bits per heavy atom. The molecule has 1 aliphatic rings. The minimum atomic E-state index is 0.317. The molecule has 0 radical (unpaired) electrons. The summed E-state index contributed by atoms with van der Waals surface area (Å²) in [6.07, 6.45) is 3.25. The Kier molecular flexibility index (Phi) is 3.59. The monoisotopic (exact) mass is 236 g/mol. The third kappa shape index (κ3) is 2.90. The molecule has 0 amide bonds. The first kappa shape index (κ1) is 12.7. The number of aryl methyl sites for hydroxylation is 1. The second kappa shape index (κ2) is 4.83. The van der Waals surface area contributed by atoms with Crippen molar-refractivity contribution in [1.82, 2.24) is 5.32 Å². The minimum Gasteiger partial charge on any atom is -0.466 e. The van der Waals surface area contributed by atoms with Gasteiger partial charge in [-0.05, 0) is 44.3 Å². The molecule has 0 aliphatic heterocycles. The summed E-state index contributed by atoms with van der Waals surface area (Å²) < 4.78 is 5.81. The largest absolute Gasteiger partial charge is 0.466 e. The number of hydrogen-bond donors (Lipinski definition) is 2. The maximum Gasteiger partial charge on any atom is 0.109 e. The molecule has 2 rings (SSSR count). The third-order valence-electron chi connectivity index (χ3n) is 3.51. The van der Waals surface area contributed by atoms with E-state index in [4.69, 9.17) is 10.2 Å². The van der Waals surface area contributed by atoms with Gasteiger partial charge in [0.1, 0.15) is 11.5 Å². The van der Waals surface area contributed by atoms with Crippen molar-refractivity contribution in [3.63, 3.8) is 0 Å². The second-order valence-electron chi connectivity index (χ2n) is 5.93. The van der Waals surface area contributed by atoms with Crippen LogP contribution in [0.25, 0.3) is 0 Å². The van der Waals surface area contributed by atoms with Gasteiger partial charge in [-0.1, -0.05) is 13.8 Å². The maximum absolute atomic E-state index is 5.81. The second-order valence-corrected chi connectivity index (χ2v) is 5.93. The van der Waals surface area contributed by atoms with Crippen LogP contribution in [0.3, 0.4) is 0 Å². The van der Waals surface area contributed by atoms with Gasteiger partial charge in [0, 0.05) is 18.0 Å².